The van der Waals surface area contributed by atoms with Gasteiger partial charge in [-0.1, -0.05) is 22.0 Å². The van der Waals surface area contributed by atoms with E-state index in [-0.39, 0.29) is 5.78 Å². The first-order valence-electron chi connectivity index (χ1n) is 4.05. The molecule has 0 N–H and O–H groups in total. The summed E-state index contributed by atoms with van der Waals surface area (Å²) in [7, 11) is 0. The fraction of sp³-hybridized carbons (Fsp3) is 0.300. The number of halogens is 2. The third kappa shape index (κ3) is 2.53. The van der Waals surface area contributed by atoms with E-state index < -0.39 is 5.38 Å². The average Bonchev–Trinajstić information content (AvgIpc) is 2.16. The molecule has 0 aliphatic rings. The van der Waals surface area contributed by atoms with Crippen LogP contribution in [0.25, 0.3) is 0 Å². The Balaban J connectivity index is 3.23. The number of carbonyl (C=O) groups excluding carboxylic acids is 1. The Kier molecular flexibility index (Phi) is 4.48. The summed E-state index contributed by atoms with van der Waals surface area (Å²) in [5.41, 5.74) is 0.870. The Morgan fingerprint density at radius 1 is 1.57 bits per heavy atom. The third-order valence-corrected chi connectivity index (χ3v) is 3.86. The second-order valence-corrected chi connectivity index (χ2v) is 4.97. The van der Waals surface area contributed by atoms with Crippen molar-refractivity contribution in [3.63, 3.8) is 0 Å². The van der Waals surface area contributed by atoms with Crippen molar-refractivity contribution < 1.29 is 4.79 Å². The van der Waals surface area contributed by atoms with Crippen molar-refractivity contribution in [2.45, 2.75) is 17.2 Å². The van der Waals surface area contributed by atoms with Gasteiger partial charge in [0.25, 0.3) is 0 Å². The monoisotopic (exact) mass is 292 g/mol. The lowest BCUT2D eigenvalue weighted by Crippen LogP contribution is -2.03. The molecule has 0 amide bonds. The lowest BCUT2D eigenvalue weighted by molar-refractivity contribution is -0.116. The number of rotatable bonds is 3. The molecule has 0 aliphatic heterocycles. The summed E-state index contributed by atoms with van der Waals surface area (Å²) in [4.78, 5) is 12.2. The highest BCUT2D eigenvalue weighted by Crippen LogP contribution is 2.35. The zero-order valence-corrected chi connectivity index (χ0v) is 11.0. The summed E-state index contributed by atoms with van der Waals surface area (Å²) in [5, 5.41) is -0.562. The highest BCUT2D eigenvalue weighted by molar-refractivity contribution is 9.10. The van der Waals surface area contributed by atoms with Crippen LogP contribution in [0, 0.1) is 0 Å². The maximum Gasteiger partial charge on any atom is 0.152 e. The van der Waals surface area contributed by atoms with E-state index >= 15 is 0 Å². The molecule has 1 aromatic rings. The molecule has 0 heterocycles. The predicted molar refractivity (Wildman–Crippen MR) is 65.2 cm³/mol. The van der Waals surface area contributed by atoms with Crippen molar-refractivity contribution in [3.05, 3.63) is 28.2 Å². The van der Waals surface area contributed by atoms with Crippen LogP contribution in [0.15, 0.2) is 27.6 Å². The molecule has 1 unspecified atom stereocenters. The van der Waals surface area contributed by atoms with E-state index in [1.54, 1.807) is 11.8 Å². The van der Waals surface area contributed by atoms with Gasteiger partial charge in [-0.05, 0) is 25.3 Å². The summed E-state index contributed by atoms with van der Waals surface area (Å²) in [6.45, 7) is 1.50. The Morgan fingerprint density at radius 2 is 2.21 bits per heavy atom. The largest absolute Gasteiger partial charge is 0.298 e. The molecular formula is C10H10BrClOS. The zero-order chi connectivity index (χ0) is 10.7. The summed E-state index contributed by atoms with van der Waals surface area (Å²) in [6, 6.07) is 5.79. The molecule has 1 rings (SSSR count). The van der Waals surface area contributed by atoms with Crippen LogP contribution < -0.4 is 0 Å². The normalized spacial score (nSPS) is 12.6. The smallest absolute Gasteiger partial charge is 0.152 e. The number of hydrogen-bond donors (Lipinski definition) is 0. The van der Waals surface area contributed by atoms with E-state index in [4.69, 9.17) is 11.6 Å². The molecule has 0 radical (unpaired) electrons. The second-order valence-electron chi connectivity index (χ2n) is 2.83. The fourth-order valence-electron chi connectivity index (χ4n) is 1.14. The first-order chi connectivity index (χ1) is 6.57. The molecule has 0 bridgehead atoms. The summed E-state index contributed by atoms with van der Waals surface area (Å²) in [5.74, 6) is -0.0335. The third-order valence-electron chi connectivity index (χ3n) is 1.84. The maximum atomic E-state index is 11.2. The van der Waals surface area contributed by atoms with E-state index in [1.807, 2.05) is 24.5 Å². The summed E-state index contributed by atoms with van der Waals surface area (Å²) in [6.07, 6.45) is 1.97. The van der Waals surface area contributed by atoms with Gasteiger partial charge in [0, 0.05) is 14.9 Å². The average molecular weight is 294 g/mol. The first-order valence-corrected chi connectivity index (χ1v) is 6.50. The molecule has 1 aromatic carbocycles. The molecule has 0 aromatic heterocycles. The quantitative estimate of drug-likeness (QED) is 0.618. The van der Waals surface area contributed by atoms with Crippen molar-refractivity contribution in [3.8, 4) is 0 Å². The van der Waals surface area contributed by atoms with Crippen LogP contribution in [0.4, 0.5) is 0 Å². The number of carbonyl (C=O) groups is 1. The Bertz CT molecular complexity index is 354. The molecule has 0 aliphatic carbocycles. The van der Waals surface area contributed by atoms with Gasteiger partial charge in [0.1, 0.15) is 5.38 Å². The molecule has 14 heavy (non-hydrogen) atoms. The molecule has 0 saturated carbocycles. The minimum absolute atomic E-state index is 0.0335. The van der Waals surface area contributed by atoms with Crippen molar-refractivity contribution in [2.75, 3.05) is 6.26 Å². The SMILES string of the molecule is CSc1cccc(Br)c1C(Cl)C(C)=O. The van der Waals surface area contributed by atoms with Gasteiger partial charge < -0.3 is 0 Å². The minimum atomic E-state index is -0.562. The van der Waals surface area contributed by atoms with Gasteiger partial charge in [0.05, 0.1) is 0 Å². The Morgan fingerprint density at radius 3 is 2.71 bits per heavy atom. The lowest BCUT2D eigenvalue weighted by Gasteiger charge is -2.12. The topological polar surface area (TPSA) is 17.1 Å². The van der Waals surface area contributed by atoms with Gasteiger partial charge >= 0.3 is 0 Å². The van der Waals surface area contributed by atoms with Gasteiger partial charge in [0.15, 0.2) is 5.78 Å². The van der Waals surface area contributed by atoms with E-state index in [1.165, 1.54) is 6.92 Å². The van der Waals surface area contributed by atoms with Gasteiger partial charge in [-0.25, -0.2) is 0 Å². The number of thioether (sulfide) groups is 1. The van der Waals surface area contributed by atoms with Gasteiger partial charge in [-0.3, -0.25) is 4.79 Å². The van der Waals surface area contributed by atoms with Crippen LogP contribution in [0.3, 0.4) is 0 Å². The van der Waals surface area contributed by atoms with Crippen molar-refractivity contribution >= 4 is 45.1 Å². The summed E-state index contributed by atoms with van der Waals surface area (Å²) >= 11 is 11.0. The van der Waals surface area contributed by atoms with E-state index in [0.717, 1.165) is 14.9 Å². The van der Waals surface area contributed by atoms with E-state index in [0.29, 0.717) is 0 Å². The van der Waals surface area contributed by atoms with E-state index in [2.05, 4.69) is 15.9 Å². The standard InChI is InChI=1S/C10H10BrClOS/c1-6(13)10(12)9-7(11)4-3-5-8(9)14-2/h3-5,10H,1-2H3. The van der Waals surface area contributed by atoms with Crippen LogP contribution in [-0.2, 0) is 4.79 Å². The fourth-order valence-corrected chi connectivity index (χ4v) is 2.96. The molecule has 0 saturated heterocycles. The summed E-state index contributed by atoms with van der Waals surface area (Å²) < 4.78 is 0.888. The second kappa shape index (κ2) is 5.19. The van der Waals surface area contributed by atoms with E-state index in [9.17, 15) is 4.79 Å². The zero-order valence-electron chi connectivity index (χ0n) is 7.88. The molecule has 4 heteroatoms. The van der Waals surface area contributed by atoms with Crippen molar-refractivity contribution in [1.82, 2.24) is 0 Å². The van der Waals surface area contributed by atoms with Crippen LogP contribution >= 0.6 is 39.3 Å². The number of Topliss-reactive ketones (excluding diaryl/α,β-unsaturated/α-hetero) is 1. The van der Waals surface area contributed by atoms with Gasteiger partial charge in [-0.2, -0.15) is 0 Å². The highest BCUT2D eigenvalue weighted by atomic mass is 79.9. The molecule has 1 nitrogen and oxygen atoms in total. The molecular weight excluding hydrogens is 284 g/mol. The Hall–Kier alpha value is 0.01000. The number of alkyl halides is 1. The first kappa shape index (κ1) is 12.1. The van der Waals surface area contributed by atoms with Crippen molar-refractivity contribution in [1.29, 1.82) is 0 Å². The van der Waals surface area contributed by atoms with Crippen LogP contribution in [0.1, 0.15) is 17.9 Å². The van der Waals surface area contributed by atoms with Crippen LogP contribution in [0.2, 0.25) is 0 Å². The highest BCUT2D eigenvalue weighted by Gasteiger charge is 2.19. The molecule has 0 spiro atoms. The van der Waals surface area contributed by atoms with Crippen LogP contribution in [0.5, 0.6) is 0 Å². The number of benzene rings is 1. The predicted octanol–water partition coefficient (Wildman–Crippen LogP) is 4.04. The van der Waals surface area contributed by atoms with Crippen molar-refractivity contribution in [2.24, 2.45) is 0 Å². The molecule has 0 fully saturated rings. The maximum absolute atomic E-state index is 11.2. The van der Waals surface area contributed by atoms with Gasteiger partial charge in [0.2, 0.25) is 0 Å². The molecule has 76 valence electrons. The minimum Gasteiger partial charge on any atom is -0.298 e. The number of ketones is 1. The molecule has 1 atom stereocenters. The van der Waals surface area contributed by atoms with Crippen LogP contribution in [-0.4, -0.2) is 12.0 Å². The number of hydrogen-bond acceptors (Lipinski definition) is 2. The lowest BCUT2D eigenvalue weighted by atomic mass is 10.1. The van der Waals surface area contributed by atoms with Gasteiger partial charge in [-0.15, -0.1) is 23.4 Å². The Labute approximate surface area is 101 Å².